The van der Waals surface area contributed by atoms with Gasteiger partial charge in [0.15, 0.2) is 0 Å². The summed E-state index contributed by atoms with van der Waals surface area (Å²) in [5.74, 6) is -0.00549. The molecular weight excluding hydrogens is 241 g/mol. The lowest BCUT2D eigenvalue weighted by molar-refractivity contribution is -0.138. The second-order valence-electron chi connectivity index (χ2n) is 5.27. The van der Waals surface area contributed by atoms with Crippen molar-refractivity contribution >= 4 is 0 Å². The molecule has 2 unspecified atom stereocenters. The summed E-state index contributed by atoms with van der Waals surface area (Å²) >= 11 is 0. The molecule has 0 aromatic carbocycles. The highest BCUT2D eigenvalue weighted by molar-refractivity contribution is 5.31. The third-order valence-electron chi connectivity index (χ3n) is 4.07. The molecule has 2 nitrogen and oxygen atoms in total. The molecular formula is C13H15F3N2. The lowest BCUT2D eigenvalue weighted by atomic mass is 9.85. The van der Waals surface area contributed by atoms with Crippen molar-refractivity contribution in [2.45, 2.75) is 49.9 Å². The van der Waals surface area contributed by atoms with E-state index in [2.05, 4.69) is 10.3 Å². The van der Waals surface area contributed by atoms with Crippen molar-refractivity contribution in [3.05, 3.63) is 29.6 Å². The number of alkyl halides is 3. The van der Waals surface area contributed by atoms with Crippen molar-refractivity contribution in [2.75, 3.05) is 0 Å². The first-order valence-corrected chi connectivity index (χ1v) is 6.31. The molecule has 2 aliphatic rings. The fourth-order valence-corrected chi connectivity index (χ4v) is 3.30. The maximum absolute atomic E-state index is 13.0. The van der Waals surface area contributed by atoms with Crippen LogP contribution in [0.4, 0.5) is 13.2 Å². The fourth-order valence-electron chi connectivity index (χ4n) is 3.30. The minimum atomic E-state index is -4.28. The average molecular weight is 256 g/mol. The SMILES string of the molecule is FC(F)(F)c1ccncc1C1CC2CCC(C1)N2. The molecule has 1 N–H and O–H groups in total. The number of rotatable bonds is 1. The van der Waals surface area contributed by atoms with Gasteiger partial charge in [0.25, 0.3) is 0 Å². The summed E-state index contributed by atoms with van der Waals surface area (Å²) in [6.45, 7) is 0. The van der Waals surface area contributed by atoms with Gasteiger partial charge in [0, 0.05) is 24.5 Å². The van der Waals surface area contributed by atoms with Crippen LogP contribution in [0, 0.1) is 0 Å². The summed E-state index contributed by atoms with van der Waals surface area (Å²) < 4.78 is 38.9. The number of fused-ring (bicyclic) bond motifs is 2. The molecule has 18 heavy (non-hydrogen) atoms. The number of nitrogens with zero attached hydrogens (tertiary/aromatic N) is 1. The van der Waals surface area contributed by atoms with Crippen LogP contribution in [0.5, 0.6) is 0 Å². The molecule has 98 valence electrons. The van der Waals surface area contributed by atoms with Crippen LogP contribution in [0.1, 0.15) is 42.7 Å². The van der Waals surface area contributed by atoms with Gasteiger partial charge in [-0.15, -0.1) is 0 Å². The lowest BCUT2D eigenvalue weighted by Crippen LogP contribution is -2.37. The summed E-state index contributed by atoms with van der Waals surface area (Å²) in [7, 11) is 0. The van der Waals surface area contributed by atoms with Crippen LogP contribution in [0.15, 0.2) is 18.5 Å². The maximum Gasteiger partial charge on any atom is 0.416 e. The van der Waals surface area contributed by atoms with Crippen molar-refractivity contribution in [3.8, 4) is 0 Å². The first kappa shape index (κ1) is 12.0. The molecule has 2 atom stereocenters. The molecule has 2 saturated heterocycles. The first-order chi connectivity index (χ1) is 8.54. The van der Waals surface area contributed by atoms with Crippen LogP contribution in [0.3, 0.4) is 0 Å². The predicted octanol–water partition coefficient (Wildman–Crippen LogP) is 3.10. The van der Waals surface area contributed by atoms with E-state index in [4.69, 9.17) is 0 Å². The molecule has 0 spiro atoms. The summed E-state index contributed by atoms with van der Waals surface area (Å²) in [5.41, 5.74) is -0.132. The molecule has 0 radical (unpaired) electrons. The Kier molecular flexibility index (Phi) is 2.81. The summed E-state index contributed by atoms with van der Waals surface area (Å²) in [4.78, 5) is 3.88. The van der Waals surface area contributed by atoms with Crippen molar-refractivity contribution in [3.63, 3.8) is 0 Å². The van der Waals surface area contributed by atoms with Gasteiger partial charge in [-0.1, -0.05) is 0 Å². The Hall–Kier alpha value is -1.10. The largest absolute Gasteiger partial charge is 0.416 e. The van der Waals surface area contributed by atoms with Crippen LogP contribution in [-0.4, -0.2) is 17.1 Å². The fraction of sp³-hybridized carbons (Fsp3) is 0.615. The zero-order valence-corrected chi connectivity index (χ0v) is 9.87. The molecule has 2 aliphatic heterocycles. The molecule has 3 rings (SSSR count). The topological polar surface area (TPSA) is 24.9 Å². The van der Waals surface area contributed by atoms with E-state index < -0.39 is 11.7 Å². The standard InChI is InChI=1S/C13H15F3N2/c14-13(15,16)12-3-4-17-7-11(12)8-5-9-1-2-10(6-8)18-9/h3-4,7-10,18H,1-2,5-6H2. The second-order valence-corrected chi connectivity index (χ2v) is 5.27. The van der Waals surface area contributed by atoms with E-state index in [-0.39, 0.29) is 5.92 Å². The van der Waals surface area contributed by atoms with Gasteiger partial charge in [-0.25, -0.2) is 0 Å². The van der Waals surface area contributed by atoms with Gasteiger partial charge in [-0.3, -0.25) is 4.98 Å². The molecule has 2 fully saturated rings. The van der Waals surface area contributed by atoms with E-state index in [0.717, 1.165) is 31.7 Å². The molecule has 0 amide bonds. The Morgan fingerprint density at radius 2 is 1.83 bits per heavy atom. The highest BCUT2D eigenvalue weighted by atomic mass is 19.4. The number of nitrogens with one attached hydrogen (secondary N) is 1. The Morgan fingerprint density at radius 1 is 1.17 bits per heavy atom. The monoisotopic (exact) mass is 256 g/mol. The molecule has 3 heterocycles. The number of hydrogen-bond acceptors (Lipinski definition) is 2. The smallest absolute Gasteiger partial charge is 0.311 e. The van der Waals surface area contributed by atoms with Crippen LogP contribution < -0.4 is 5.32 Å². The highest BCUT2D eigenvalue weighted by Gasteiger charge is 2.39. The summed E-state index contributed by atoms with van der Waals surface area (Å²) in [6, 6.07) is 1.87. The zero-order chi connectivity index (χ0) is 12.8. The molecule has 1 aromatic heterocycles. The third kappa shape index (κ3) is 2.11. The Bertz CT molecular complexity index is 432. The van der Waals surface area contributed by atoms with Gasteiger partial charge in [0.1, 0.15) is 0 Å². The quantitative estimate of drug-likeness (QED) is 0.835. The van der Waals surface area contributed by atoms with Gasteiger partial charge in [-0.2, -0.15) is 13.2 Å². The van der Waals surface area contributed by atoms with Crippen molar-refractivity contribution < 1.29 is 13.2 Å². The number of aromatic nitrogens is 1. The lowest BCUT2D eigenvalue weighted by Gasteiger charge is -2.30. The number of halogens is 3. The molecule has 5 heteroatoms. The van der Waals surface area contributed by atoms with Gasteiger partial charge in [-0.05, 0) is 43.2 Å². The maximum atomic E-state index is 13.0. The van der Waals surface area contributed by atoms with E-state index >= 15 is 0 Å². The van der Waals surface area contributed by atoms with Crippen LogP contribution >= 0.6 is 0 Å². The van der Waals surface area contributed by atoms with E-state index in [0.29, 0.717) is 17.6 Å². The van der Waals surface area contributed by atoms with Gasteiger partial charge in [0.05, 0.1) is 5.56 Å². The van der Waals surface area contributed by atoms with Gasteiger partial charge < -0.3 is 5.32 Å². The average Bonchev–Trinajstić information content (AvgIpc) is 2.67. The van der Waals surface area contributed by atoms with Gasteiger partial charge >= 0.3 is 6.18 Å². The normalized spacial score (nSPS) is 31.6. The van der Waals surface area contributed by atoms with Crippen LogP contribution in [-0.2, 0) is 6.18 Å². The number of piperidine rings is 1. The molecule has 0 aliphatic carbocycles. The van der Waals surface area contributed by atoms with Crippen LogP contribution in [0.25, 0.3) is 0 Å². The van der Waals surface area contributed by atoms with E-state index in [1.807, 2.05) is 0 Å². The summed E-state index contributed by atoms with van der Waals surface area (Å²) in [6.07, 6.45) is 2.12. The highest BCUT2D eigenvalue weighted by Crippen LogP contribution is 2.42. The van der Waals surface area contributed by atoms with Gasteiger partial charge in [0.2, 0.25) is 0 Å². The van der Waals surface area contributed by atoms with Crippen molar-refractivity contribution in [1.82, 2.24) is 10.3 Å². The molecule has 0 saturated carbocycles. The Morgan fingerprint density at radius 3 is 2.44 bits per heavy atom. The number of hydrogen-bond donors (Lipinski definition) is 1. The first-order valence-electron chi connectivity index (χ1n) is 6.31. The predicted molar refractivity (Wildman–Crippen MR) is 61.2 cm³/mol. The third-order valence-corrected chi connectivity index (χ3v) is 4.07. The van der Waals surface area contributed by atoms with E-state index in [9.17, 15) is 13.2 Å². The number of pyridine rings is 1. The minimum Gasteiger partial charge on any atom is -0.311 e. The van der Waals surface area contributed by atoms with Crippen LogP contribution in [0.2, 0.25) is 0 Å². The van der Waals surface area contributed by atoms with Crippen molar-refractivity contribution in [1.29, 1.82) is 0 Å². The minimum absolute atomic E-state index is 0.00549. The Balaban J connectivity index is 1.92. The zero-order valence-electron chi connectivity index (χ0n) is 9.87. The Labute approximate surface area is 104 Å². The molecule has 2 bridgehead atoms. The molecule has 1 aromatic rings. The second kappa shape index (κ2) is 4.23. The van der Waals surface area contributed by atoms with E-state index in [1.54, 1.807) is 0 Å². The van der Waals surface area contributed by atoms with Crippen molar-refractivity contribution in [2.24, 2.45) is 0 Å². The summed E-state index contributed by atoms with van der Waals surface area (Å²) in [5, 5.41) is 3.45. The van der Waals surface area contributed by atoms with E-state index in [1.165, 1.54) is 12.4 Å².